The van der Waals surface area contributed by atoms with Gasteiger partial charge in [0, 0.05) is 32.3 Å². The van der Waals surface area contributed by atoms with E-state index in [1.807, 2.05) is 6.92 Å². The van der Waals surface area contributed by atoms with Crippen molar-refractivity contribution in [3.05, 3.63) is 0 Å². The minimum atomic E-state index is -0.175. The standard InChI is InChI=1S/C15H30N2O3/c1-5-20-15(18)14(16-13-6-7-13)8-9-17(12(2)3)10-11-19-4/h12-14,16H,5-11H2,1-4H3. The molecule has 0 saturated heterocycles. The lowest BCUT2D eigenvalue weighted by Crippen LogP contribution is -2.43. The van der Waals surface area contributed by atoms with Crippen LogP contribution in [-0.4, -0.2) is 62.4 Å². The second kappa shape index (κ2) is 9.32. The van der Waals surface area contributed by atoms with Crippen molar-refractivity contribution in [2.45, 2.75) is 58.2 Å². The van der Waals surface area contributed by atoms with Crippen LogP contribution in [-0.2, 0) is 14.3 Å². The number of methoxy groups -OCH3 is 1. The first-order valence-corrected chi connectivity index (χ1v) is 7.74. The highest BCUT2D eigenvalue weighted by Crippen LogP contribution is 2.20. The fourth-order valence-corrected chi connectivity index (χ4v) is 2.18. The van der Waals surface area contributed by atoms with Crippen LogP contribution in [0.1, 0.15) is 40.0 Å². The summed E-state index contributed by atoms with van der Waals surface area (Å²) in [6.45, 7) is 9.13. The van der Waals surface area contributed by atoms with Gasteiger partial charge in [-0.25, -0.2) is 0 Å². The zero-order valence-electron chi connectivity index (χ0n) is 13.4. The summed E-state index contributed by atoms with van der Waals surface area (Å²) in [4.78, 5) is 14.3. The minimum absolute atomic E-state index is 0.116. The summed E-state index contributed by atoms with van der Waals surface area (Å²) in [6.07, 6.45) is 3.14. The van der Waals surface area contributed by atoms with Crippen molar-refractivity contribution in [2.24, 2.45) is 0 Å². The molecule has 0 heterocycles. The molecule has 1 aliphatic rings. The molecule has 1 unspecified atom stereocenters. The summed E-state index contributed by atoms with van der Waals surface area (Å²) >= 11 is 0. The van der Waals surface area contributed by atoms with Crippen molar-refractivity contribution >= 4 is 5.97 Å². The van der Waals surface area contributed by atoms with Crippen molar-refractivity contribution in [1.82, 2.24) is 10.2 Å². The van der Waals surface area contributed by atoms with Crippen LogP contribution in [0.4, 0.5) is 0 Å². The molecule has 0 aromatic carbocycles. The smallest absolute Gasteiger partial charge is 0.323 e. The number of hydrogen-bond acceptors (Lipinski definition) is 5. The number of hydrogen-bond donors (Lipinski definition) is 1. The van der Waals surface area contributed by atoms with Gasteiger partial charge < -0.3 is 14.8 Å². The van der Waals surface area contributed by atoms with Gasteiger partial charge in [-0.2, -0.15) is 0 Å². The predicted octanol–water partition coefficient (Wildman–Crippen LogP) is 1.42. The molecular weight excluding hydrogens is 256 g/mol. The Morgan fingerprint density at radius 3 is 2.55 bits per heavy atom. The summed E-state index contributed by atoms with van der Waals surface area (Å²) < 4.78 is 10.3. The highest BCUT2D eigenvalue weighted by molar-refractivity contribution is 5.75. The van der Waals surface area contributed by atoms with Gasteiger partial charge in [0.05, 0.1) is 13.2 Å². The number of esters is 1. The molecule has 0 spiro atoms. The maximum Gasteiger partial charge on any atom is 0.323 e. The van der Waals surface area contributed by atoms with Crippen molar-refractivity contribution in [3.8, 4) is 0 Å². The Hall–Kier alpha value is -0.650. The zero-order chi connectivity index (χ0) is 15.0. The van der Waals surface area contributed by atoms with Gasteiger partial charge in [0.1, 0.15) is 6.04 Å². The average molecular weight is 286 g/mol. The lowest BCUT2D eigenvalue weighted by atomic mass is 10.1. The van der Waals surface area contributed by atoms with E-state index >= 15 is 0 Å². The molecule has 0 bridgehead atoms. The molecule has 5 nitrogen and oxygen atoms in total. The van der Waals surface area contributed by atoms with Crippen LogP contribution in [0.5, 0.6) is 0 Å². The number of nitrogens with one attached hydrogen (secondary N) is 1. The number of carbonyl (C=O) groups excluding carboxylic acids is 1. The number of ether oxygens (including phenoxy) is 2. The third-order valence-electron chi connectivity index (χ3n) is 3.60. The Labute approximate surface area is 123 Å². The second-order valence-corrected chi connectivity index (χ2v) is 5.66. The van der Waals surface area contributed by atoms with E-state index < -0.39 is 0 Å². The van der Waals surface area contributed by atoms with Crippen LogP contribution in [0.25, 0.3) is 0 Å². The van der Waals surface area contributed by atoms with E-state index in [0.717, 1.165) is 26.1 Å². The minimum Gasteiger partial charge on any atom is -0.465 e. The third-order valence-corrected chi connectivity index (χ3v) is 3.60. The van der Waals surface area contributed by atoms with Crippen molar-refractivity contribution in [2.75, 3.05) is 33.4 Å². The fourth-order valence-electron chi connectivity index (χ4n) is 2.18. The normalized spacial score (nSPS) is 16.7. The van der Waals surface area contributed by atoms with E-state index in [2.05, 4.69) is 24.1 Å². The van der Waals surface area contributed by atoms with Crippen LogP contribution >= 0.6 is 0 Å². The highest BCUT2D eigenvalue weighted by Gasteiger charge is 2.29. The first kappa shape index (κ1) is 17.4. The maximum atomic E-state index is 12.0. The molecule has 1 atom stereocenters. The fraction of sp³-hybridized carbons (Fsp3) is 0.933. The molecule has 0 aliphatic heterocycles. The summed E-state index contributed by atoms with van der Waals surface area (Å²) in [5, 5.41) is 3.39. The lowest BCUT2D eigenvalue weighted by molar-refractivity contribution is -0.146. The molecule has 1 saturated carbocycles. The Morgan fingerprint density at radius 1 is 1.35 bits per heavy atom. The van der Waals surface area contributed by atoms with Crippen LogP contribution in [0.15, 0.2) is 0 Å². The molecule has 1 rings (SSSR count). The quantitative estimate of drug-likeness (QED) is 0.582. The van der Waals surface area contributed by atoms with Gasteiger partial charge in [0.2, 0.25) is 0 Å². The molecule has 118 valence electrons. The Balaban J connectivity index is 2.42. The summed E-state index contributed by atoms with van der Waals surface area (Å²) in [6, 6.07) is 0.788. The monoisotopic (exact) mass is 286 g/mol. The van der Waals surface area contributed by atoms with E-state index in [1.54, 1.807) is 7.11 Å². The predicted molar refractivity (Wildman–Crippen MR) is 79.8 cm³/mol. The van der Waals surface area contributed by atoms with E-state index in [0.29, 0.717) is 18.7 Å². The van der Waals surface area contributed by atoms with E-state index in [-0.39, 0.29) is 12.0 Å². The van der Waals surface area contributed by atoms with E-state index in [9.17, 15) is 4.79 Å². The van der Waals surface area contributed by atoms with Crippen molar-refractivity contribution < 1.29 is 14.3 Å². The van der Waals surface area contributed by atoms with Gasteiger partial charge in [0.15, 0.2) is 0 Å². The van der Waals surface area contributed by atoms with Gasteiger partial charge in [-0.05, 0) is 40.0 Å². The van der Waals surface area contributed by atoms with Crippen LogP contribution in [0, 0.1) is 0 Å². The zero-order valence-corrected chi connectivity index (χ0v) is 13.4. The first-order valence-electron chi connectivity index (χ1n) is 7.74. The SMILES string of the molecule is CCOC(=O)C(CCN(CCOC)C(C)C)NC1CC1. The molecule has 0 radical (unpaired) electrons. The molecule has 20 heavy (non-hydrogen) atoms. The third kappa shape index (κ3) is 6.68. The maximum absolute atomic E-state index is 12.0. The second-order valence-electron chi connectivity index (χ2n) is 5.66. The number of nitrogens with zero attached hydrogens (tertiary/aromatic N) is 1. The van der Waals surface area contributed by atoms with Gasteiger partial charge in [-0.1, -0.05) is 0 Å². The Kier molecular flexibility index (Phi) is 8.11. The van der Waals surface area contributed by atoms with Crippen LogP contribution < -0.4 is 5.32 Å². The summed E-state index contributed by atoms with van der Waals surface area (Å²) in [7, 11) is 1.72. The highest BCUT2D eigenvalue weighted by atomic mass is 16.5. The molecule has 0 amide bonds. The van der Waals surface area contributed by atoms with Crippen LogP contribution in [0.2, 0.25) is 0 Å². The van der Waals surface area contributed by atoms with Crippen molar-refractivity contribution in [1.29, 1.82) is 0 Å². The van der Waals surface area contributed by atoms with Gasteiger partial charge in [-0.3, -0.25) is 9.69 Å². The molecule has 1 aliphatic carbocycles. The molecule has 5 heteroatoms. The largest absolute Gasteiger partial charge is 0.465 e. The van der Waals surface area contributed by atoms with Crippen LogP contribution in [0.3, 0.4) is 0 Å². The average Bonchev–Trinajstić information content (AvgIpc) is 3.21. The van der Waals surface area contributed by atoms with Gasteiger partial charge >= 0.3 is 5.97 Å². The summed E-state index contributed by atoms with van der Waals surface area (Å²) in [5.74, 6) is -0.116. The molecule has 1 N–H and O–H groups in total. The topological polar surface area (TPSA) is 50.8 Å². The molecule has 0 aromatic heterocycles. The van der Waals surface area contributed by atoms with E-state index in [4.69, 9.17) is 9.47 Å². The van der Waals surface area contributed by atoms with Gasteiger partial charge in [-0.15, -0.1) is 0 Å². The molecule has 0 aromatic rings. The first-order chi connectivity index (χ1) is 9.58. The molecule has 1 fully saturated rings. The molecular formula is C15H30N2O3. The van der Waals surface area contributed by atoms with Crippen molar-refractivity contribution in [3.63, 3.8) is 0 Å². The number of carbonyl (C=O) groups is 1. The van der Waals surface area contributed by atoms with Gasteiger partial charge in [0.25, 0.3) is 0 Å². The Bertz CT molecular complexity index is 280. The Morgan fingerprint density at radius 2 is 2.05 bits per heavy atom. The van der Waals surface area contributed by atoms with E-state index in [1.165, 1.54) is 12.8 Å². The summed E-state index contributed by atoms with van der Waals surface area (Å²) in [5.41, 5.74) is 0. The lowest BCUT2D eigenvalue weighted by Gasteiger charge is -2.28. The number of rotatable bonds is 11.